The average molecular weight is 340 g/mol. The van der Waals surface area contributed by atoms with Gasteiger partial charge in [-0.3, -0.25) is 9.69 Å². The Bertz CT molecular complexity index is 738. The summed E-state index contributed by atoms with van der Waals surface area (Å²) in [6, 6.07) is 9.66. The molecule has 7 nitrogen and oxygen atoms in total. The first-order valence-corrected chi connectivity index (χ1v) is 8.58. The maximum atomic E-state index is 12.4. The molecule has 3 amide bonds. The third kappa shape index (κ3) is 3.22. The summed E-state index contributed by atoms with van der Waals surface area (Å²) in [5.41, 5.74) is 1.06. The van der Waals surface area contributed by atoms with Crippen LogP contribution in [-0.2, 0) is 16.1 Å². The zero-order chi connectivity index (χ0) is 17.2. The third-order valence-electron chi connectivity index (χ3n) is 4.61. The lowest BCUT2D eigenvalue weighted by Gasteiger charge is -2.19. The molecule has 0 spiro atoms. The number of ether oxygens (including phenoxy) is 1. The topological polar surface area (TPSA) is 65.5 Å². The second kappa shape index (κ2) is 6.58. The van der Waals surface area contributed by atoms with E-state index in [2.05, 4.69) is 4.99 Å². The monoisotopic (exact) mass is 340 g/mol. The van der Waals surface area contributed by atoms with Crippen molar-refractivity contribution in [3.05, 3.63) is 47.9 Å². The van der Waals surface area contributed by atoms with E-state index < -0.39 is 0 Å². The Morgan fingerprint density at radius 3 is 2.60 bits per heavy atom. The van der Waals surface area contributed by atoms with Gasteiger partial charge >= 0.3 is 12.1 Å². The number of amidine groups is 1. The van der Waals surface area contributed by atoms with E-state index in [0.29, 0.717) is 19.6 Å². The van der Waals surface area contributed by atoms with Crippen molar-refractivity contribution in [2.24, 2.45) is 4.99 Å². The van der Waals surface area contributed by atoms with Crippen molar-refractivity contribution in [1.82, 2.24) is 14.7 Å². The molecule has 3 heterocycles. The van der Waals surface area contributed by atoms with Crippen LogP contribution in [0.2, 0.25) is 0 Å². The number of urea groups is 1. The first-order chi connectivity index (χ1) is 12.2. The Hall–Kier alpha value is -2.83. The fourth-order valence-corrected chi connectivity index (χ4v) is 3.23. The van der Waals surface area contributed by atoms with Crippen LogP contribution in [0.1, 0.15) is 18.4 Å². The Kier molecular flexibility index (Phi) is 4.13. The minimum Gasteiger partial charge on any atom is -0.418 e. The lowest BCUT2D eigenvalue weighted by Crippen LogP contribution is -2.32. The van der Waals surface area contributed by atoms with Gasteiger partial charge in [-0.1, -0.05) is 30.3 Å². The zero-order valence-corrected chi connectivity index (χ0v) is 13.9. The van der Waals surface area contributed by atoms with Gasteiger partial charge in [0.25, 0.3) is 5.91 Å². The number of amides is 3. The summed E-state index contributed by atoms with van der Waals surface area (Å²) >= 11 is 0. The highest BCUT2D eigenvalue weighted by atomic mass is 16.5. The van der Waals surface area contributed by atoms with E-state index in [1.54, 1.807) is 20.9 Å². The quantitative estimate of drug-likeness (QED) is 0.841. The molecule has 0 radical (unpaired) electrons. The molecule has 0 unspecified atom stereocenters. The SMILES string of the molecule is O=C1N=C2OC(C(=O)N3CCCC3)=CN2CCN1Cc1ccccc1. The molecule has 4 rings (SSSR count). The number of carbonyl (C=O) groups is 2. The summed E-state index contributed by atoms with van der Waals surface area (Å²) in [5, 5.41) is 0. The number of rotatable bonds is 3. The Labute approximate surface area is 146 Å². The van der Waals surface area contributed by atoms with Crippen LogP contribution in [0, 0.1) is 0 Å². The van der Waals surface area contributed by atoms with Crippen molar-refractivity contribution in [3.8, 4) is 0 Å². The van der Waals surface area contributed by atoms with Crippen molar-refractivity contribution >= 4 is 18.0 Å². The van der Waals surface area contributed by atoms with Gasteiger partial charge in [0.1, 0.15) is 0 Å². The van der Waals surface area contributed by atoms with Crippen LogP contribution in [0.4, 0.5) is 4.79 Å². The van der Waals surface area contributed by atoms with E-state index in [9.17, 15) is 9.59 Å². The van der Waals surface area contributed by atoms with E-state index in [4.69, 9.17) is 4.74 Å². The summed E-state index contributed by atoms with van der Waals surface area (Å²) in [6.45, 7) is 3.10. The lowest BCUT2D eigenvalue weighted by atomic mass is 10.2. The minimum absolute atomic E-state index is 0.123. The van der Waals surface area contributed by atoms with Gasteiger partial charge in [0.15, 0.2) is 0 Å². The van der Waals surface area contributed by atoms with Gasteiger partial charge in [0.05, 0.1) is 6.20 Å². The van der Waals surface area contributed by atoms with E-state index in [0.717, 1.165) is 31.5 Å². The van der Waals surface area contributed by atoms with Gasteiger partial charge < -0.3 is 14.5 Å². The molecule has 1 fully saturated rings. The van der Waals surface area contributed by atoms with Gasteiger partial charge in [-0.25, -0.2) is 4.79 Å². The highest BCUT2D eigenvalue weighted by Gasteiger charge is 2.33. The zero-order valence-electron chi connectivity index (χ0n) is 13.9. The van der Waals surface area contributed by atoms with Gasteiger partial charge in [-0.05, 0) is 18.4 Å². The summed E-state index contributed by atoms with van der Waals surface area (Å²) in [6.07, 6.45) is 3.71. The maximum Gasteiger partial charge on any atom is 0.348 e. The third-order valence-corrected chi connectivity index (χ3v) is 4.61. The smallest absolute Gasteiger partial charge is 0.348 e. The number of benzene rings is 1. The molecule has 3 aliphatic rings. The second-order valence-electron chi connectivity index (χ2n) is 6.37. The van der Waals surface area contributed by atoms with Crippen LogP contribution >= 0.6 is 0 Å². The molecule has 130 valence electrons. The van der Waals surface area contributed by atoms with Gasteiger partial charge in [0, 0.05) is 32.7 Å². The molecule has 1 aromatic rings. The van der Waals surface area contributed by atoms with Gasteiger partial charge in [-0.15, -0.1) is 4.99 Å². The number of nitrogens with zero attached hydrogens (tertiary/aromatic N) is 4. The predicted octanol–water partition coefficient (Wildman–Crippen LogP) is 1.77. The van der Waals surface area contributed by atoms with Gasteiger partial charge in [0.2, 0.25) is 5.76 Å². The van der Waals surface area contributed by atoms with Crippen LogP contribution < -0.4 is 0 Å². The molecule has 0 aromatic heterocycles. The van der Waals surface area contributed by atoms with Crippen molar-refractivity contribution in [1.29, 1.82) is 0 Å². The van der Waals surface area contributed by atoms with E-state index in [-0.39, 0.29) is 23.7 Å². The number of aliphatic imine (C=N–C) groups is 1. The van der Waals surface area contributed by atoms with Crippen LogP contribution in [0.15, 0.2) is 47.3 Å². The fourth-order valence-electron chi connectivity index (χ4n) is 3.23. The molecule has 0 N–H and O–H groups in total. The van der Waals surface area contributed by atoms with Crippen LogP contribution in [0.3, 0.4) is 0 Å². The molecule has 0 bridgehead atoms. The van der Waals surface area contributed by atoms with E-state index in [1.807, 2.05) is 30.3 Å². The Morgan fingerprint density at radius 2 is 1.84 bits per heavy atom. The molecule has 3 aliphatic heterocycles. The second-order valence-corrected chi connectivity index (χ2v) is 6.37. The summed E-state index contributed by atoms with van der Waals surface area (Å²) in [7, 11) is 0. The maximum absolute atomic E-state index is 12.4. The van der Waals surface area contributed by atoms with Crippen molar-refractivity contribution in [3.63, 3.8) is 0 Å². The summed E-state index contributed by atoms with van der Waals surface area (Å²) in [4.78, 5) is 34.1. The van der Waals surface area contributed by atoms with Crippen molar-refractivity contribution < 1.29 is 14.3 Å². The number of fused-ring (bicyclic) bond motifs is 1. The van der Waals surface area contributed by atoms with Crippen molar-refractivity contribution in [2.45, 2.75) is 19.4 Å². The molecule has 0 saturated carbocycles. The molecular weight excluding hydrogens is 320 g/mol. The van der Waals surface area contributed by atoms with E-state index in [1.165, 1.54) is 0 Å². The average Bonchev–Trinajstić information content (AvgIpc) is 3.27. The lowest BCUT2D eigenvalue weighted by molar-refractivity contribution is -0.128. The van der Waals surface area contributed by atoms with Crippen LogP contribution in [-0.4, -0.2) is 58.8 Å². The Morgan fingerprint density at radius 1 is 1.08 bits per heavy atom. The standard InChI is InChI=1S/C18H20N4O3/c23-16(20-8-4-5-9-20)15-13-22-11-10-21(17(24)19-18(22)25-15)12-14-6-2-1-3-7-14/h1-3,6-7,13H,4-5,8-12H2. The number of carbonyl (C=O) groups excluding carboxylic acids is 2. The molecule has 7 heteroatoms. The number of hydrogen-bond donors (Lipinski definition) is 0. The number of likely N-dealkylation sites (tertiary alicyclic amines) is 1. The highest BCUT2D eigenvalue weighted by molar-refractivity contribution is 6.00. The fraction of sp³-hybridized carbons (Fsp3) is 0.389. The Balaban J connectivity index is 1.44. The molecule has 1 aromatic carbocycles. The predicted molar refractivity (Wildman–Crippen MR) is 91.4 cm³/mol. The minimum atomic E-state index is -0.343. The first kappa shape index (κ1) is 15.7. The number of hydrogen-bond acceptors (Lipinski definition) is 4. The first-order valence-electron chi connectivity index (χ1n) is 8.58. The van der Waals surface area contributed by atoms with Gasteiger partial charge in [-0.2, -0.15) is 0 Å². The molecule has 0 aliphatic carbocycles. The summed E-state index contributed by atoms with van der Waals surface area (Å²) < 4.78 is 5.59. The molecule has 1 saturated heterocycles. The largest absolute Gasteiger partial charge is 0.418 e. The highest BCUT2D eigenvalue weighted by Crippen LogP contribution is 2.21. The van der Waals surface area contributed by atoms with Crippen LogP contribution in [0.25, 0.3) is 0 Å². The molecular formula is C18H20N4O3. The van der Waals surface area contributed by atoms with E-state index >= 15 is 0 Å². The van der Waals surface area contributed by atoms with Crippen molar-refractivity contribution in [2.75, 3.05) is 26.2 Å². The summed E-state index contributed by atoms with van der Waals surface area (Å²) in [5.74, 6) is 0.131. The van der Waals surface area contributed by atoms with Crippen LogP contribution in [0.5, 0.6) is 0 Å². The normalized spacial score (nSPS) is 20.0. The molecule has 0 atom stereocenters. The molecule has 25 heavy (non-hydrogen) atoms.